The SMILES string of the molecule is O=C(O)C1(NC2CCCCC2)CCCCCC1. The Morgan fingerprint density at radius 2 is 1.47 bits per heavy atom. The van der Waals surface area contributed by atoms with Gasteiger partial charge >= 0.3 is 5.97 Å². The Labute approximate surface area is 104 Å². The lowest BCUT2D eigenvalue weighted by Gasteiger charge is -2.35. The molecule has 2 rings (SSSR count). The first-order valence-electron chi connectivity index (χ1n) is 7.24. The van der Waals surface area contributed by atoms with E-state index in [-0.39, 0.29) is 0 Å². The van der Waals surface area contributed by atoms with Crippen molar-refractivity contribution < 1.29 is 9.90 Å². The molecule has 98 valence electrons. The average Bonchev–Trinajstić information content (AvgIpc) is 2.57. The second kappa shape index (κ2) is 5.85. The Morgan fingerprint density at radius 3 is 2.00 bits per heavy atom. The van der Waals surface area contributed by atoms with E-state index in [1.807, 2.05) is 0 Å². The Hall–Kier alpha value is -0.570. The summed E-state index contributed by atoms with van der Waals surface area (Å²) in [7, 11) is 0. The summed E-state index contributed by atoms with van der Waals surface area (Å²) in [5, 5.41) is 13.1. The standard InChI is InChI=1S/C14H25NO2/c16-13(17)14(10-6-1-2-7-11-14)15-12-8-4-3-5-9-12/h12,15H,1-11H2,(H,16,17). The zero-order chi connectivity index (χ0) is 12.1. The molecular formula is C14H25NO2. The fraction of sp³-hybridized carbons (Fsp3) is 0.929. The molecule has 2 N–H and O–H groups in total. The van der Waals surface area contributed by atoms with Crippen LogP contribution >= 0.6 is 0 Å². The monoisotopic (exact) mass is 239 g/mol. The predicted octanol–water partition coefficient (Wildman–Crippen LogP) is 3.09. The molecule has 0 radical (unpaired) electrons. The molecule has 3 heteroatoms. The van der Waals surface area contributed by atoms with Gasteiger partial charge in [-0.05, 0) is 25.7 Å². The van der Waals surface area contributed by atoms with Gasteiger partial charge in [0, 0.05) is 6.04 Å². The number of nitrogens with one attached hydrogen (secondary N) is 1. The minimum Gasteiger partial charge on any atom is -0.480 e. The topological polar surface area (TPSA) is 49.3 Å². The van der Waals surface area contributed by atoms with E-state index in [1.54, 1.807) is 0 Å². The van der Waals surface area contributed by atoms with Gasteiger partial charge in [0.1, 0.15) is 5.54 Å². The lowest BCUT2D eigenvalue weighted by molar-refractivity contribution is -0.146. The minimum atomic E-state index is -0.620. The molecule has 2 aliphatic rings. The largest absolute Gasteiger partial charge is 0.480 e. The molecule has 0 spiro atoms. The van der Waals surface area contributed by atoms with Crippen LogP contribution in [-0.4, -0.2) is 22.7 Å². The van der Waals surface area contributed by atoms with E-state index < -0.39 is 11.5 Å². The average molecular weight is 239 g/mol. The van der Waals surface area contributed by atoms with Gasteiger partial charge in [0.2, 0.25) is 0 Å². The molecule has 2 aliphatic carbocycles. The highest BCUT2D eigenvalue weighted by Gasteiger charge is 2.40. The maximum absolute atomic E-state index is 11.6. The van der Waals surface area contributed by atoms with E-state index in [2.05, 4.69) is 5.32 Å². The van der Waals surface area contributed by atoms with Gasteiger partial charge in [-0.1, -0.05) is 44.9 Å². The molecule has 2 saturated carbocycles. The van der Waals surface area contributed by atoms with Crippen molar-refractivity contribution >= 4 is 5.97 Å². The molecule has 0 aromatic carbocycles. The van der Waals surface area contributed by atoms with E-state index in [0.717, 1.165) is 38.5 Å². The summed E-state index contributed by atoms with van der Waals surface area (Å²) in [4.78, 5) is 11.6. The third kappa shape index (κ3) is 3.21. The van der Waals surface area contributed by atoms with Gasteiger partial charge < -0.3 is 5.11 Å². The molecule has 0 aliphatic heterocycles. The number of hydrogen-bond donors (Lipinski definition) is 2. The fourth-order valence-electron chi connectivity index (χ4n) is 3.39. The first kappa shape index (κ1) is 12.9. The van der Waals surface area contributed by atoms with Crippen LogP contribution in [0.5, 0.6) is 0 Å². The van der Waals surface area contributed by atoms with Gasteiger partial charge in [-0.2, -0.15) is 0 Å². The highest BCUT2D eigenvalue weighted by atomic mass is 16.4. The van der Waals surface area contributed by atoms with Crippen LogP contribution < -0.4 is 5.32 Å². The summed E-state index contributed by atoms with van der Waals surface area (Å²) in [6.07, 6.45) is 12.3. The normalized spacial score (nSPS) is 26.4. The van der Waals surface area contributed by atoms with Crippen LogP contribution in [0.15, 0.2) is 0 Å². The van der Waals surface area contributed by atoms with Gasteiger partial charge in [0.05, 0.1) is 0 Å². The number of carbonyl (C=O) groups is 1. The van der Waals surface area contributed by atoms with Crippen LogP contribution in [0.4, 0.5) is 0 Å². The molecule has 2 fully saturated rings. The Bertz CT molecular complexity index is 251. The summed E-state index contributed by atoms with van der Waals surface area (Å²) in [5.41, 5.74) is -0.613. The fourth-order valence-corrected chi connectivity index (χ4v) is 3.39. The molecular weight excluding hydrogens is 214 g/mol. The third-order valence-corrected chi connectivity index (χ3v) is 4.45. The van der Waals surface area contributed by atoms with Crippen LogP contribution in [0.25, 0.3) is 0 Å². The van der Waals surface area contributed by atoms with Crippen molar-refractivity contribution in [1.29, 1.82) is 0 Å². The van der Waals surface area contributed by atoms with Crippen LogP contribution in [0.3, 0.4) is 0 Å². The van der Waals surface area contributed by atoms with Crippen molar-refractivity contribution in [2.24, 2.45) is 0 Å². The van der Waals surface area contributed by atoms with Gasteiger partial charge in [-0.15, -0.1) is 0 Å². The van der Waals surface area contributed by atoms with Crippen LogP contribution in [0, 0.1) is 0 Å². The highest BCUT2D eigenvalue weighted by molar-refractivity contribution is 5.78. The van der Waals surface area contributed by atoms with E-state index in [1.165, 1.54) is 32.1 Å². The van der Waals surface area contributed by atoms with Crippen molar-refractivity contribution in [3.63, 3.8) is 0 Å². The van der Waals surface area contributed by atoms with Crippen molar-refractivity contribution in [3.05, 3.63) is 0 Å². The van der Waals surface area contributed by atoms with Gasteiger partial charge in [0.15, 0.2) is 0 Å². The van der Waals surface area contributed by atoms with Crippen LogP contribution in [-0.2, 0) is 4.79 Å². The molecule has 17 heavy (non-hydrogen) atoms. The van der Waals surface area contributed by atoms with Crippen molar-refractivity contribution in [1.82, 2.24) is 5.32 Å². The first-order valence-corrected chi connectivity index (χ1v) is 7.24. The molecule has 3 nitrogen and oxygen atoms in total. The predicted molar refractivity (Wildman–Crippen MR) is 68.1 cm³/mol. The Morgan fingerprint density at radius 1 is 0.941 bits per heavy atom. The molecule has 0 aromatic heterocycles. The summed E-state index contributed by atoms with van der Waals surface area (Å²) in [6.45, 7) is 0. The van der Waals surface area contributed by atoms with Gasteiger partial charge in [0.25, 0.3) is 0 Å². The Balaban J connectivity index is 2.01. The molecule has 0 saturated heterocycles. The maximum atomic E-state index is 11.6. The summed E-state index contributed by atoms with van der Waals surface area (Å²) in [6, 6.07) is 0.443. The van der Waals surface area contributed by atoms with E-state index in [4.69, 9.17) is 0 Å². The van der Waals surface area contributed by atoms with Gasteiger partial charge in [-0.3, -0.25) is 10.1 Å². The van der Waals surface area contributed by atoms with Crippen molar-refractivity contribution in [2.45, 2.75) is 82.2 Å². The third-order valence-electron chi connectivity index (χ3n) is 4.45. The molecule has 0 heterocycles. The Kier molecular flexibility index (Phi) is 4.43. The highest BCUT2D eigenvalue weighted by Crippen LogP contribution is 2.30. The second-order valence-electron chi connectivity index (χ2n) is 5.78. The molecule has 0 atom stereocenters. The first-order chi connectivity index (χ1) is 8.23. The molecule has 0 aromatic rings. The zero-order valence-corrected chi connectivity index (χ0v) is 10.7. The number of carboxylic acids is 1. The number of hydrogen-bond acceptors (Lipinski definition) is 2. The van der Waals surface area contributed by atoms with Crippen LogP contribution in [0.1, 0.15) is 70.6 Å². The lowest BCUT2D eigenvalue weighted by atomic mass is 9.86. The number of carboxylic acid groups (broad SMARTS) is 1. The van der Waals surface area contributed by atoms with Crippen LogP contribution in [0.2, 0.25) is 0 Å². The van der Waals surface area contributed by atoms with E-state index >= 15 is 0 Å². The zero-order valence-electron chi connectivity index (χ0n) is 10.7. The van der Waals surface area contributed by atoms with Crippen molar-refractivity contribution in [3.8, 4) is 0 Å². The number of aliphatic carboxylic acids is 1. The smallest absolute Gasteiger partial charge is 0.323 e. The molecule has 0 bridgehead atoms. The number of rotatable bonds is 3. The molecule has 0 unspecified atom stereocenters. The lowest BCUT2D eigenvalue weighted by Crippen LogP contribution is -2.56. The van der Waals surface area contributed by atoms with E-state index in [9.17, 15) is 9.90 Å². The van der Waals surface area contributed by atoms with Crippen molar-refractivity contribution in [2.75, 3.05) is 0 Å². The summed E-state index contributed by atoms with van der Waals surface area (Å²) >= 11 is 0. The molecule has 0 amide bonds. The summed E-state index contributed by atoms with van der Waals surface area (Å²) < 4.78 is 0. The van der Waals surface area contributed by atoms with E-state index in [0.29, 0.717) is 6.04 Å². The quantitative estimate of drug-likeness (QED) is 0.744. The maximum Gasteiger partial charge on any atom is 0.323 e. The second-order valence-corrected chi connectivity index (χ2v) is 5.78. The summed E-state index contributed by atoms with van der Waals surface area (Å²) in [5.74, 6) is -0.620. The van der Waals surface area contributed by atoms with Gasteiger partial charge in [-0.25, -0.2) is 0 Å². The minimum absolute atomic E-state index is 0.443.